The first-order valence-electron chi connectivity index (χ1n) is 9.63. The van der Waals surface area contributed by atoms with E-state index >= 15 is 0 Å². The van der Waals surface area contributed by atoms with Crippen molar-refractivity contribution in [3.8, 4) is 0 Å². The van der Waals surface area contributed by atoms with Crippen molar-refractivity contribution in [3.05, 3.63) is 96.1 Å². The highest BCUT2D eigenvalue weighted by atomic mass is 35.5. The number of benzene rings is 2. The van der Waals surface area contributed by atoms with E-state index in [9.17, 15) is 17.6 Å². The van der Waals surface area contributed by atoms with Gasteiger partial charge in [-0.2, -0.15) is 9.36 Å². The maximum absolute atomic E-state index is 13.5. The number of halogens is 6. The summed E-state index contributed by atoms with van der Waals surface area (Å²) in [5.74, 6) is -2.20. The zero-order valence-electron chi connectivity index (χ0n) is 17.3. The number of aromatic nitrogens is 6. The van der Waals surface area contributed by atoms with Gasteiger partial charge in [-0.3, -0.25) is 0 Å². The maximum Gasteiger partial charge on any atom is 0.307 e. The number of allylic oxidation sites excluding steroid dienone is 2. The summed E-state index contributed by atoms with van der Waals surface area (Å²) in [6.07, 6.45) is 10.1. The van der Waals surface area contributed by atoms with Crippen molar-refractivity contribution < 1.29 is 51.7 Å². The van der Waals surface area contributed by atoms with E-state index in [1.54, 1.807) is 47.1 Å². The molecule has 12 heteroatoms. The molecule has 0 amide bonds. The maximum atomic E-state index is 13.5. The first-order valence-corrected chi connectivity index (χ1v) is 9.63. The molecule has 4 aromatic rings. The predicted molar refractivity (Wildman–Crippen MR) is 106 cm³/mol. The average Bonchev–Trinajstić information content (AvgIpc) is 3.49. The summed E-state index contributed by atoms with van der Waals surface area (Å²) in [5.41, 5.74) is 2.47. The molecular weight excluding hydrogens is 495 g/mol. The fourth-order valence-corrected chi connectivity index (χ4v) is 3.62. The quantitative estimate of drug-likeness (QED) is 0.212. The second kappa shape index (κ2) is 10.2. The molecular formula is C22H16Cl2F4N6. The molecule has 0 radical (unpaired) electrons. The van der Waals surface area contributed by atoms with E-state index in [2.05, 4.69) is 9.97 Å². The molecule has 2 aromatic carbocycles. The molecule has 6 nitrogen and oxygen atoms in total. The predicted octanol–water partition coefficient (Wildman–Crippen LogP) is -3.07. The van der Waals surface area contributed by atoms with Crippen molar-refractivity contribution in [3.63, 3.8) is 0 Å². The molecule has 0 unspecified atom stereocenters. The van der Waals surface area contributed by atoms with E-state index in [-0.39, 0.29) is 24.8 Å². The number of hydrogen-bond acceptors (Lipinski definition) is 2. The van der Waals surface area contributed by atoms with E-state index in [1.807, 2.05) is 9.36 Å². The molecule has 0 saturated carbocycles. The van der Waals surface area contributed by atoms with Gasteiger partial charge in [0.25, 0.3) is 0 Å². The zero-order chi connectivity index (χ0) is 22.2. The lowest BCUT2D eigenvalue weighted by molar-refractivity contribution is -0.749. The summed E-state index contributed by atoms with van der Waals surface area (Å²) in [4.78, 5) is 7.87. The summed E-state index contributed by atoms with van der Waals surface area (Å²) in [6.45, 7) is 1.09. The third-order valence-corrected chi connectivity index (χ3v) is 5.16. The Bertz CT molecular complexity index is 1290. The second-order valence-corrected chi connectivity index (χ2v) is 7.27. The van der Waals surface area contributed by atoms with Crippen molar-refractivity contribution in [2.24, 2.45) is 0 Å². The van der Waals surface area contributed by atoms with Gasteiger partial charge in [-0.25, -0.2) is 17.6 Å². The smallest absolute Gasteiger partial charge is 0.307 e. The fraction of sp³-hybridized carbons (Fsp3) is 0.0909. The van der Waals surface area contributed by atoms with Crippen molar-refractivity contribution in [2.45, 2.75) is 13.1 Å². The first kappa shape index (κ1) is 25.1. The highest BCUT2D eigenvalue weighted by molar-refractivity contribution is 5.76. The minimum absolute atomic E-state index is 0. The third-order valence-electron chi connectivity index (χ3n) is 5.16. The highest BCUT2D eigenvalue weighted by Gasteiger charge is 2.21. The summed E-state index contributed by atoms with van der Waals surface area (Å²) in [7, 11) is 0. The largest absolute Gasteiger partial charge is 1.00 e. The van der Waals surface area contributed by atoms with Crippen LogP contribution in [0.25, 0.3) is 23.5 Å². The molecule has 0 saturated heterocycles. The molecule has 2 aliphatic heterocycles. The van der Waals surface area contributed by atoms with Crippen LogP contribution in [-0.4, -0.2) is 19.3 Å². The lowest BCUT2D eigenvalue weighted by Gasteiger charge is -2.01. The molecule has 0 aliphatic carbocycles. The van der Waals surface area contributed by atoms with Gasteiger partial charge in [0.1, 0.15) is 36.4 Å². The summed E-state index contributed by atoms with van der Waals surface area (Å²) < 4.78 is 59.7. The molecule has 2 aliphatic rings. The van der Waals surface area contributed by atoms with Crippen LogP contribution >= 0.6 is 0 Å². The van der Waals surface area contributed by atoms with E-state index in [4.69, 9.17) is 0 Å². The Hall–Kier alpha value is -3.50. The average molecular weight is 511 g/mol. The van der Waals surface area contributed by atoms with Crippen molar-refractivity contribution in [1.29, 1.82) is 0 Å². The van der Waals surface area contributed by atoms with Crippen LogP contribution in [0.15, 0.2) is 61.7 Å². The molecule has 0 atom stereocenters. The monoisotopic (exact) mass is 510 g/mol. The van der Waals surface area contributed by atoms with Crippen LogP contribution in [0.1, 0.15) is 11.1 Å². The standard InChI is InChI=1S/2C11H8F2N3.2ClH/c2*12-9-1-2-10(11(13)3-9)8-4-15-6-14-7-16(15)5-8;;/h2*1-4,6-7H,5H2;2*1H/q2*+1;;/p-2. The van der Waals surface area contributed by atoms with Crippen LogP contribution in [-0.2, 0) is 13.1 Å². The van der Waals surface area contributed by atoms with Gasteiger partial charge in [0.05, 0.1) is 12.4 Å². The first-order chi connectivity index (χ1) is 15.5. The Morgan fingerprint density at radius 3 is 1.41 bits per heavy atom. The number of rotatable bonds is 2. The fourth-order valence-electron chi connectivity index (χ4n) is 3.62. The zero-order valence-corrected chi connectivity index (χ0v) is 18.8. The Labute approximate surface area is 203 Å². The number of nitrogens with zero attached hydrogens (tertiary/aromatic N) is 6. The Balaban J connectivity index is 0.000000180. The molecule has 0 spiro atoms. The molecule has 0 bridgehead atoms. The SMILES string of the molecule is Fc1ccc(C2=Cn3cnc[n+]3C2)c(F)c1.Fc1ccc(C2=Cn3cnc[n+]3C2)c(F)c1.[Cl-].[Cl-]. The lowest BCUT2D eigenvalue weighted by atomic mass is 10.1. The van der Waals surface area contributed by atoms with E-state index in [0.29, 0.717) is 24.2 Å². The van der Waals surface area contributed by atoms with Crippen molar-refractivity contribution in [1.82, 2.24) is 19.3 Å². The molecule has 0 fully saturated rings. The molecule has 2 aromatic heterocycles. The molecule has 34 heavy (non-hydrogen) atoms. The van der Waals surface area contributed by atoms with Gasteiger partial charge in [-0.15, -0.1) is 9.36 Å². The van der Waals surface area contributed by atoms with Gasteiger partial charge < -0.3 is 24.8 Å². The van der Waals surface area contributed by atoms with E-state index < -0.39 is 23.3 Å². The van der Waals surface area contributed by atoms with Crippen LogP contribution < -0.4 is 34.2 Å². The minimum Gasteiger partial charge on any atom is -1.00 e. The van der Waals surface area contributed by atoms with E-state index in [0.717, 1.165) is 23.3 Å². The van der Waals surface area contributed by atoms with Crippen molar-refractivity contribution >= 4 is 23.5 Å². The summed E-state index contributed by atoms with van der Waals surface area (Å²) in [6, 6.07) is 7.22. The topological polar surface area (TPSA) is 43.4 Å². The number of fused-ring (bicyclic) bond motifs is 2. The van der Waals surface area contributed by atoms with Gasteiger partial charge in [-0.05, 0) is 34.2 Å². The van der Waals surface area contributed by atoms with Gasteiger partial charge >= 0.3 is 12.7 Å². The second-order valence-electron chi connectivity index (χ2n) is 7.27. The molecule has 6 rings (SSSR count). The molecule has 0 N–H and O–H groups in total. The van der Waals surface area contributed by atoms with Gasteiger partial charge in [0.2, 0.25) is 12.7 Å². The molecule has 176 valence electrons. The van der Waals surface area contributed by atoms with Crippen LogP contribution in [0.4, 0.5) is 17.6 Å². The van der Waals surface area contributed by atoms with Crippen LogP contribution in [0.3, 0.4) is 0 Å². The highest BCUT2D eigenvalue weighted by Crippen LogP contribution is 2.23. The van der Waals surface area contributed by atoms with Gasteiger partial charge in [-0.1, -0.05) is 0 Å². The van der Waals surface area contributed by atoms with Crippen LogP contribution in [0, 0.1) is 23.3 Å². The Kier molecular flexibility index (Phi) is 7.53. The van der Waals surface area contributed by atoms with Crippen LogP contribution in [0.2, 0.25) is 0 Å². The minimum atomic E-state index is -0.561. The third kappa shape index (κ3) is 4.87. The Morgan fingerprint density at radius 1 is 0.647 bits per heavy atom. The van der Waals surface area contributed by atoms with Crippen molar-refractivity contribution in [2.75, 3.05) is 0 Å². The van der Waals surface area contributed by atoms with E-state index in [1.165, 1.54) is 24.3 Å². The normalized spacial score (nSPS) is 12.9. The van der Waals surface area contributed by atoms with Gasteiger partial charge in [0.15, 0.2) is 0 Å². The summed E-state index contributed by atoms with van der Waals surface area (Å²) in [5, 5.41) is 0. The van der Waals surface area contributed by atoms with Crippen LogP contribution in [0.5, 0.6) is 0 Å². The molecule has 4 heterocycles. The Morgan fingerprint density at radius 2 is 1.06 bits per heavy atom. The number of hydrogen-bond donors (Lipinski definition) is 0. The lowest BCUT2D eigenvalue weighted by Crippen LogP contribution is -3.00. The summed E-state index contributed by atoms with van der Waals surface area (Å²) >= 11 is 0. The van der Waals surface area contributed by atoms with Gasteiger partial charge in [0, 0.05) is 34.4 Å².